The Balaban J connectivity index is 2.15. The fraction of sp³-hybridized carbons (Fsp3) is 0.214. The molecule has 0 radical (unpaired) electrons. The molecular formula is C14H11BrF3NO. The number of alkyl halides is 3. The van der Waals surface area contributed by atoms with Gasteiger partial charge in [-0.2, -0.15) is 13.2 Å². The predicted molar refractivity (Wildman–Crippen MR) is 72.0 cm³/mol. The molecule has 1 heterocycles. The van der Waals surface area contributed by atoms with E-state index < -0.39 is 17.8 Å². The number of aliphatic hydroxyl groups is 1. The van der Waals surface area contributed by atoms with Crippen molar-refractivity contribution in [3.8, 4) is 0 Å². The van der Waals surface area contributed by atoms with Gasteiger partial charge < -0.3 is 5.11 Å². The third kappa shape index (κ3) is 3.80. The average molecular weight is 346 g/mol. The second kappa shape index (κ2) is 5.93. The van der Waals surface area contributed by atoms with Gasteiger partial charge in [0.25, 0.3) is 0 Å². The topological polar surface area (TPSA) is 33.1 Å². The number of aromatic nitrogens is 1. The van der Waals surface area contributed by atoms with Crippen molar-refractivity contribution in [2.75, 3.05) is 0 Å². The standard InChI is InChI=1S/C14H11BrF3NO/c15-11-4-5-12(19-8-11)13(20)7-9-2-1-3-10(6-9)14(16,17)18/h1-6,8,13,20H,7H2. The number of aliphatic hydroxyl groups excluding tert-OH is 1. The molecule has 0 aliphatic carbocycles. The molecule has 20 heavy (non-hydrogen) atoms. The zero-order valence-electron chi connectivity index (χ0n) is 10.2. The van der Waals surface area contributed by atoms with Gasteiger partial charge in [0.1, 0.15) is 0 Å². The van der Waals surface area contributed by atoms with Crippen molar-refractivity contribution >= 4 is 15.9 Å². The quantitative estimate of drug-likeness (QED) is 0.906. The largest absolute Gasteiger partial charge is 0.416 e. The van der Waals surface area contributed by atoms with E-state index in [2.05, 4.69) is 20.9 Å². The van der Waals surface area contributed by atoms with E-state index in [9.17, 15) is 18.3 Å². The molecule has 2 aromatic rings. The van der Waals surface area contributed by atoms with E-state index in [4.69, 9.17) is 0 Å². The van der Waals surface area contributed by atoms with Gasteiger partial charge in [0.2, 0.25) is 0 Å². The van der Waals surface area contributed by atoms with Crippen molar-refractivity contribution in [2.24, 2.45) is 0 Å². The smallest absolute Gasteiger partial charge is 0.386 e. The Morgan fingerprint density at radius 2 is 1.95 bits per heavy atom. The Kier molecular flexibility index (Phi) is 4.45. The van der Waals surface area contributed by atoms with E-state index in [1.54, 1.807) is 18.2 Å². The van der Waals surface area contributed by atoms with Crippen molar-refractivity contribution in [3.63, 3.8) is 0 Å². The third-order valence-corrected chi connectivity index (χ3v) is 3.24. The number of hydrogen-bond acceptors (Lipinski definition) is 2. The number of rotatable bonds is 3. The van der Waals surface area contributed by atoms with E-state index in [1.807, 2.05) is 0 Å². The van der Waals surface area contributed by atoms with Crippen molar-refractivity contribution in [2.45, 2.75) is 18.7 Å². The Bertz CT molecular complexity index is 584. The van der Waals surface area contributed by atoms with Gasteiger partial charge in [-0.25, -0.2) is 0 Å². The first-order chi connectivity index (χ1) is 9.36. The van der Waals surface area contributed by atoms with Crippen LogP contribution < -0.4 is 0 Å². The molecule has 106 valence electrons. The lowest BCUT2D eigenvalue weighted by atomic mass is 10.0. The Morgan fingerprint density at radius 3 is 2.55 bits per heavy atom. The van der Waals surface area contributed by atoms with Crippen molar-refractivity contribution in [1.29, 1.82) is 0 Å². The zero-order valence-corrected chi connectivity index (χ0v) is 11.8. The molecule has 0 amide bonds. The molecule has 2 nitrogen and oxygen atoms in total. The van der Waals surface area contributed by atoms with E-state index >= 15 is 0 Å². The lowest BCUT2D eigenvalue weighted by Crippen LogP contribution is -2.08. The van der Waals surface area contributed by atoms with Crippen LogP contribution in [0.1, 0.15) is 22.9 Å². The highest BCUT2D eigenvalue weighted by Crippen LogP contribution is 2.30. The summed E-state index contributed by atoms with van der Waals surface area (Å²) in [5, 5.41) is 10.00. The fourth-order valence-corrected chi connectivity index (χ4v) is 2.02. The SMILES string of the molecule is OC(Cc1cccc(C(F)(F)F)c1)c1ccc(Br)cn1. The van der Waals surface area contributed by atoms with Crippen molar-refractivity contribution in [1.82, 2.24) is 4.98 Å². The molecule has 0 saturated heterocycles. The normalized spacial score (nSPS) is 13.2. The van der Waals surface area contributed by atoms with Crippen LogP contribution in [0.25, 0.3) is 0 Å². The van der Waals surface area contributed by atoms with Crippen molar-refractivity contribution in [3.05, 3.63) is 63.9 Å². The summed E-state index contributed by atoms with van der Waals surface area (Å²) in [4.78, 5) is 4.03. The lowest BCUT2D eigenvalue weighted by molar-refractivity contribution is -0.137. The van der Waals surface area contributed by atoms with E-state index in [1.165, 1.54) is 12.3 Å². The van der Waals surface area contributed by atoms with Gasteiger partial charge in [-0.1, -0.05) is 18.2 Å². The molecule has 0 fully saturated rings. The summed E-state index contributed by atoms with van der Waals surface area (Å²) < 4.78 is 38.5. The molecule has 1 N–H and O–H groups in total. The highest BCUT2D eigenvalue weighted by atomic mass is 79.9. The van der Waals surface area contributed by atoms with Gasteiger partial charge in [0, 0.05) is 17.1 Å². The molecule has 0 aliphatic heterocycles. The number of halogens is 4. The molecule has 1 aromatic carbocycles. The molecule has 0 bridgehead atoms. The number of benzene rings is 1. The maximum atomic E-state index is 12.6. The minimum atomic E-state index is -4.38. The number of hydrogen-bond donors (Lipinski definition) is 1. The average Bonchev–Trinajstić information content (AvgIpc) is 2.38. The first-order valence-electron chi connectivity index (χ1n) is 5.82. The molecule has 0 aliphatic rings. The molecule has 2 rings (SSSR count). The summed E-state index contributed by atoms with van der Waals surface area (Å²) in [6, 6.07) is 8.28. The summed E-state index contributed by atoms with van der Waals surface area (Å²) in [5.74, 6) is 0. The maximum Gasteiger partial charge on any atom is 0.416 e. The first kappa shape index (κ1) is 15.0. The zero-order chi connectivity index (χ0) is 14.8. The van der Waals surface area contributed by atoms with Crippen molar-refractivity contribution < 1.29 is 18.3 Å². The van der Waals surface area contributed by atoms with Crippen LogP contribution in [0.5, 0.6) is 0 Å². The third-order valence-electron chi connectivity index (χ3n) is 2.78. The molecule has 6 heteroatoms. The second-order valence-corrected chi connectivity index (χ2v) is 5.24. The van der Waals surface area contributed by atoms with E-state index in [-0.39, 0.29) is 6.42 Å². The van der Waals surface area contributed by atoms with Crippen LogP contribution in [-0.2, 0) is 12.6 Å². The van der Waals surface area contributed by atoms with Crippen LogP contribution in [0.15, 0.2) is 47.1 Å². The van der Waals surface area contributed by atoms with Gasteiger partial charge in [-0.3, -0.25) is 4.98 Å². The molecule has 1 aromatic heterocycles. The van der Waals surface area contributed by atoms with E-state index in [0.717, 1.165) is 16.6 Å². The van der Waals surface area contributed by atoms with Crippen LogP contribution in [0.2, 0.25) is 0 Å². The summed E-state index contributed by atoms with van der Waals surface area (Å²) in [6.45, 7) is 0. The van der Waals surface area contributed by atoms with Gasteiger partial charge in [0.15, 0.2) is 0 Å². The molecular weight excluding hydrogens is 335 g/mol. The van der Waals surface area contributed by atoms with Crippen LogP contribution in [0.3, 0.4) is 0 Å². The number of nitrogens with zero attached hydrogens (tertiary/aromatic N) is 1. The minimum Gasteiger partial charge on any atom is -0.386 e. The Hall–Kier alpha value is -1.40. The Labute approximate surface area is 122 Å². The highest BCUT2D eigenvalue weighted by Gasteiger charge is 2.30. The maximum absolute atomic E-state index is 12.6. The Morgan fingerprint density at radius 1 is 1.20 bits per heavy atom. The predicted octanol–water partition coefficient (Wildman–Crippen LogP) is 4.14. The second-order valence-electron chi connectivity index (χ2n) is 4.32. The molecule has 0 spiro atoms. The summed E-state index contributed by atoms with van der Waals surface area (Å²) in [6.07, 6.45) is -3.70. The van der Waals surface area contributed by atoms with Gasteiger partial charge in [-0.15, -0.1) is 0 Å². The van der Waals surface area contributed by atoms with E-state index in [0.29, 0.717) is 11.3 Å². The summed E-state index contributed by atoms with van der Waals surface area (Å²) >= 11 is 3.22. The van der Waals surface area contributed by atoms with Gasteiger partial charge >= 0.3 is 6.18 Å². The summed E-state index contributed by atoms with van der Waals surface area (Å²) in [5.41, 5.74) is 0.119. The minimum absolute atomic E-state index is 0.0819. The summed E-state index contributed by atoms with van der Waals surface area (Å²) in [7, 11) is 0. The number of pyridine rings is 1. The van der Waals surface area contributed by atoms with Crippen LogP contribution in [0.4, 0.5) is 13.2 Å². The highest BCUT2D eigenvalue weighted by molar-refractivity contribution is 9.10. The molecule has 0 saturated carbocycles. The monoisotopic (exact) mass is 345 g/mol. The molecule has 1 atom stereocenters. The van der Waals surface area contributed by atoms with Crippen LogP contribution in [-0.4, -0.2) is 10.1 Å². The van der Waals surface area contributed by atoms with Crippen LogP contribution >= 0.6 is 15.9 Å². The van der Waals surface area contributed by atoms with Crippen LogP contribution in [0, 0.1) is 0 Å². The first-order valence-corrected chi connectivity index (χ1v) is 6.61. The molecule has 1 unspecified atom stereocenters. The fourth-order valence-electron chi connectivity index (χ4n) is 1.79. The lowest BCUT2D eigenvalue weighted by Gasteiger charge is -2.12. The van der Waals surface area contributed by atoms with Gasteiger partial charge in [-0.05, 0) is 39.7 Å². The van der Waals surface area contributed by atoms with Gasteiger partial charge in [0.05, 0.1) is 17.4 Å².